The maximum Gasteiger partial charge on any atom is 0.0694 e. The van der Waals surface area contributed by atoms with Gasteiger partial charge in [0.25, 0.3) is 0 Å². The fraction of sp³-hybridized carbons (Fsp3) is 0.462. The van der Waals surface area contributed by atoms with Crippen LogP contribution in [0.15, 0.2) is 18.2 Å². The molecule has 1 aromatic rings. The molecule has 3 N–H and O–H groups in total. The van der Waals surface area contributed by atoms with Crippen molar-refractivity contribution < 1.29 is 4.74 Å². The van der Waals surface area contributed by atoms with Crippen LogP contribution in [-0.2, 0) is 11.2 Å². The average Bonchev–Trinajstić information content (AvgIpc) is 2.70. The summed E-state index contributed by atoms with van der Waals surface area (Å²) in [5.74, 6) is 0. The van der Waals surface area contributed by atoms with Crippen LogP contribution >= 0.6 is 0 Å². The van der Waals surface area contributed by atoms with E-state index in [1.165, 1.54) is 0 Å². The molecule has 0 amide bonds. The van der Waals surface area contributed by atoms with Gasteiger partial charge in [0, 0.05) is 18.0 Å². The third kappa shape index (κ3) is 2.69. The van der Waals surface area contributed by atoms with Gasteiger partial charge >= 0.3 is 0 Å². The van der Waals surface area contributed by atoms with Crippen molar-refractivity contribution >= 4 is 11.4 Å². The van der Waals surface area contributed by atoms with E-state index in [1.807, 2.05) is 18.2 Å². The molecule has 1 aliphatic heterocycles. The molecule has 17 heavy (non-hydrogen) atoms. The second-order valence-corrected chi connectivity index (χ2v) is 4.74. The van der Waals surface area contributed by atoms with E-state index in [4.69, 9.17) is 15.7 Å². The molecule has 1 unspecified atom stereocenters. The number of nitriles is 1. The van der Waals surface area contributed by atoms with Gasteiger partial charge in [-0.3, -0.25) is 0 Å². The van der Waals surface area contributed by atoms with Crippen molar-refractivity contribution in [2.24, 2.45) is 0 Å². The maximum absolute atomic E-state index is 8.72. The van der Waals surface area contributed by atoms with Crippen LogP contribution in [0.5, 0.6) is 0 Å². The second kappa shape index (κ2) is 4.64. The summed E-state index contributed by atoms with van der Waals surface area (Å²) in [6.07, 6.45) is 1.33. The Balaban J connectivity index is 2.16. The smallest absolute Gasteiger partial charge is 0.0694 e. The number of ether oxygens (including phenoxy) is 1. The van der Waals surface area contributed by atoms with Crippen LogP contribution < -0.4 is 11.1 Å². The molecule has 0 saturated carbocycles. The molecule has 0 spiro atoms. The first-order valence-corrected chi connectivity index (χ1v) is 5.74. The molecular formula is C13H17N3O. The number of anilines is 2. The Morgan fingerprint density at radius 1 is 1.59 bits per heavy atom. The lowest BCUT2D eigenvalue weighted by molar-refractivity contribution is 0.185. The van der Waals surface area contributed by atoms with Gasteiger partial charge in [-0.05, 0) is 37.1 Å². The molecular weight excluding hydrogens is 214 g/mol. The minimum Gasteiger partial charge on any atom is -0.398 e. The molecule has 0 bridgehead atoms. The summed E-state index contributed by atoms with van der Waals surface area (Å²) in [7, 11) is 0. The molecule has 0 radical (unpaired) electrons. The Morgan fingerprint density at radius 2 is 2.41 bits per heavy atom. The number of hydrogen-bond acceptors (Lipinski definition) is 4. The Hall–Kier alpha value is -1.73. The molecule has 1 aliphatic rings. The maximum atomic E-state index is 8.72. The minimum atomic E-state index is -0.0139. The van der Waals surface area contributed by atoms with Gasteiger partial charge in [-0.15, -0.1) is 0 Å². The zero-order valence-corrected chi connectivity index (χ0v) is 9.99. The van der Waals surface area contributed by atoms with E-state index in [9.17, 15) is 0 Å². The van der Waals surface area contributed by atoms with Crippen LogP contribution in [0, 0.1) is 11.3 Å². The Bertz CT molecular complexity index is 444. The van der Waals surface area contributed by atoms with Gasteiger partial charge in [0.05, 0.1) is 24.6 Å². The molecule has 1 saturated heterocycles. The van der Waals surface area contributed by atoms with Crippen molar-refractivity contribution in [3.8, 4) is 6.07 Å². The van der Waals surface area contributed by atoms with Gasteiger partial charge in [-0.1, -0.05) is 0 Å². The monoisotopic (exact) mass is 231 g/mol. The summed E-state index contributed by atoms with van der Waals surface area (Å²) >= 11 is 0. The van der Waals surface area contributed by atoms with Crippen molar-refractivity contribution in [1.29, 1.82) is 5.26 Å². The first-order valence-electron chi connectivity index (χ1n) is 5.74. The summed E-state index contributed by atoms with van der Waals surface area (Å²) in [6.45, 7) is 3.65. The molecule has 1 heterocycles. The lowest BCUT2D eigenvalue weighted by Gasteiger charge is -2.25. The highest BCUT2D eigenvalue weighted by Crippen LogP contribution is 2.26. The van der Waals surface area contributed by atoms with Crippen molar-refractivity contribution in [2.75, 3.05) is 24.3 Å². The normalized spacial score (nSPS) is 23.3. The van der Waals surface area contributed by atoms with E-state index < -0.39 is 0 Å². The topological polar surface area (TPSA) is 71.1 Å². The molecule has 90 valence electrons. The minimum absolute atomic E-state index is 0.0139. The number of hydrogen-bond donors (Lipinski definition) is 2. The molecule has 0 aromatic heterocycles. The summed E-state index contributed by atoms with van der Waals surface area (Å²) in [6, 6.07) is 7.85. The largest absolute Gasteiger partial charge is 0.398 e. The number of nitrogen functional groups attached to an aromatic ring is 1. The Kier molecular flexibility index (Phi) is 3.21. The zero-order valence-electron chi connectivity index (χ0n) is 9.99. The lowest BCUT2D eigenvalue weighted by atomic mass is 10.0. The molecule has 4 heteroatoms. The number of benzene rings is 1. The van der Waals surface area contributed by atoms with Gasteiger partial charge in [0.1, 0.15) is 0 Å². The van der Waals surface area contributed by atoms with Gasteiger partial charge in [-0.25, -0.2) is 0 Å². The van der Waals surface area contributed by atoms with Gasteiger partial charge in [0.2, 0.25) is 0 Å². The number of nitrogens with two attached hydrogens (primary N) is 1. The van der Waals surface area contributed by atoms with E-state index in [0.717, 1.165) is 24.3 Å². The van der Waals surface area contributed by atoms with Crippen LogP contribution in [0.3, 0.4) is 0 Å². The first kappa shape index (κ1) is 11.7. The number of nitrogens with one attached hydrogen (secondary N) is 1. The van der Waals surface area contributed by atoms with Crippen LogP contribution in [0.25, 0.3) is 0 Å². The summed E-state index contributed by atoms with van der Waals surface area (Å²) < 4.78 is 5.39. The van der Waals surface area contributed by atoms with Crippen molar-refractivity contribution in [3.63, 3.8) is 0 Å². The quantitative estimate of drug-likeness (QED) is 0.780. The van der Waals surface area contributed by atoms with Gasteiger partial charge in [-0.2, -0.15) is 5.26 Å². The molecule has 4 nitrogen and oxygen atoms in total. The van der Waals surface area contributed by atoms with E-state index >= 15 is 0 Å². The molecule has 1 aromatic carbocycles. The average molecular weight is 231 g/mol. The SMILES string of the molecule is CC1(Nc2ccc(N)c(CC#N)c2)CCOC1. The van der Waals surface area contributed by atoms with Crippen LogP contribution in [0.4, 0.5) is 11.4 Å². The predicted octanol–water partition coefficient (Wildman–Crippen LogP) is 1.93. The molecule has 0 aliphatic carbocycles. The highest BCUT2D eigenvalue weighted by Gasteiger charge is 2.29. The molecule has 2 rings (SSSR count). The highest BCUT2D eigenvalue weighted by molar-refractivity contribution is 5.58. The van der Waals surface area contributed by atoms with Crippen LogP contribution in [0.2, 0.25) is 0 Å². The predicted molar refractivity (Wildman–Crippen MR) is 67.6 cm³/mol. The van der Waals surface area contributed by atoms with E-state index in [0.29, 0.717) is 18.7 Å². The third-order valence-corrected chi connectivity index (χ3v) is 3.08. The van der Waals surface area contributed by atoms with Crippen LogP contribution in [0.1, 0.15) is 18.9 Å². The van der Waals surface area contributed by atoms with Crippen LogP contribution in [-0.4, -0.2) is 18.8 Å². The second-order valence-electron chi connectivity index (χ2n) is 4.74. The van der Waals surface area contributed by atoms with Gasteiger partial charge < -0.3 is 15.8 Å². The zero-order chi connectivity index (χ0) is 12.3. The van der Waals surface area contributed by atoms with Crippen molar-refractivity contribution in [1.82, 2.24) is 0 Å². The molecule has 1 atom stereocenters. The number of rotatable bonds is 3. The molecule has 1 fully saturated rings. The Morgan fingerprint density at radius 3 is 3.06 bits per heavy atom. The lowest BCUT2D eigenvalue weighted by Crippen LogP contribution is -2.34. The van der Waals surface area contributed by atoms with E-state index in [2.05, 4.69) is 18.3 Å². The van der Waals surface area contributed by atoms with Crippen molar-refractivity contribution in [2.45, 2.75) is 25.3 Å². The fourth-order valence-electron chi connectivity index (χ4n) is 2.04. The van der Waals surface area contributed by atoms with Crippen molar-refractivity contribution in [3.05, 3.63) is 23.8 Å². The summed E-state index contributed by atoms with van der Waals surface area (Å²) in [5, 5.41) is 12.2. The highest BCUT2D eigenvalue weighted by atomic mass is 16.5. The summed E-state index contributed by atoms with van der Waals surface area (Å²) in [4.78, 5) is 0. The first-order chi connectivity index (χ1) is 8.13. The standard InChI is InChI=1S/C13H17N3O/c1-13(5-7-17-9-13)16-11-2-3-12(15)10(8-11)4-6-14/h2-3,8,16H,4-5,7,9,15H2,1H3. The fourth-order valence-corrected chi connectivity index (χ4v) is 2.04. The summed E-state index contributed by atoms with van der Waals surface area (Å²) in [5.41, 5.74) is 8.34. The van der Waals surface area contributed by atoms with Gasteiger partial charge in [0.15, 0.2) is 0 Å². The van der Waals surface area contributed by atoms with E-state index in [-0.39, 0.29) is 5.54 Å². The Labute approximate surface area is 101 Å². The number of nitrogens with zero attached hydrogens (tertiary/aromatic N) is 1. The van der Waals surface area contributed by atoms with E-state index in [1.54, 1.807) is 0 Å². The third-order valence-electron chi connectivity index (χ3n) is 3.08.